The van der Waals surface area contributed by atoms with Crippen LogP contribution in [-0.2, 0) is 9.53 Å². The molecule has 0 saturated heterocycles. The second-order valence-electron chi connectivity index (χ2n) is 3.68. The Balaban J connectivity index is 3.58. The average molecular weight is 171 g/mol. The number of quaternary nitrogens is 1. The van der Waals surface area contributed by atoms with Gasteiger partial charge in [0.1, 0.15) is 6.61 Å². The number of esters is 1. The van der Waals surface area contributed by atoms with Gasteiger partial charge in [-0.15, -0.1) is 0 Å². The van der Waals surface area contributed by atoms with Crippen molar-refractivity contribution in [2.24, 2.45) is 0 Å². The topological polar surface area (TPSA) is 26.3 Å². The van der Waals surface area contributed by atoms with Crippen LogP contribution in [0.25, 0.3) is 0 Å². The van der Waals surface area contributed by atoms with Crippen LogP contribution in [0.2, 0.25) is 0 Å². The molecule has 3 heteroatoms. The number of carbonyl (C=O) groups is 1. The van der Waals surface area contributed by atoms with Crippen molar-refractivity contribution in [2.45, 2.75) is 6.92 Å². The van der Waals surface area contributed by atoms with Crippen LogP contribution in [0.4, 0.5) is 0 Å². The van der Waals surface area contributed by atoms with Gasteiger partial charge in [0, 0.05) is 5.57 Å². The van der Waals surface area contributed by atoms with Crippen LogP contribution in [0.15, 0.2) is 12.2 Å². The zero-order chi connectivity index (χ0) is 9.78. The number of carbonyl (C=O) groups excluding carboxylic acids is 1. The van der Waals surface area contributed by atoms with Crippen molar-refractivity contribution >= 4 is 5.97 Å². The van der Waals surface area contributed by atoms with E-state index in [1.807, 2.05) is 27.7 Å². The second kappa shape index (κ2) is 4.26. The Kier molecular flexibility index (Phi) is 3.96. The van der Waals surface area contributed by atoms with Crippen LogP contribution in [0.3, 0.4) is 0 Å². The third-order valence-electron chi connectivity index (χ3n) is 1.19. The van der Waals surface area contributed by atoms with Gasteiger partial charge in [0.2, 0.25) is 0 Å². The molecule has 0 aromatic rings. The minimum atomic E-state index is -0.334. The summed E-state index contributed by atoms with van der Waals surface area (Å²) in [5, 5.41) is 0. The summed E-state index contributed by atoms with van der Waals surface area (Å²) in [6, 6.07) is 0. The van der Waals surface area contributed by atoms with Crippen molar-refractivity contribution in [1.82, 2.24) is 0 Å². The molecule has 0 fully saturated rings. The highest BCUT2D eigenvalue weighted by atomic mass is 16.5. The minimum absolute atomic E-state index is 0.329. The summed E-state index contributed by atoms with van der Waals surface area (Å²) >= 11 is 0. The quantitative estimate of drug-likeness (QED) is 0.358. The lowest BCUT2D eigenvalue weighted by Gasteiger charge is -2.21. The summed E-state index contributed by atoms with van der Waals surface area (Å²) < 4.78 is 5.54. The molecule has 0 unspecified atom stereocenters. The maximum Gasteiger partial charge on any atom is 0.333 e. The lowest BCUT2D eigenvalue weighted by Crippen LogP contribution is -2.33. The molecule has 0 aliphatic rings. The predicted molar refractivity (Wildman–Crippen MR) is 48.1 cm³/mol. The van der Waals surface area contributed by atoms with E-state index < -0.39 is 0 Å². The number of likely N-dealkylation sites (N-methyl/N-ethyl adjacent to an activating group) is 1. The highest BCUT2D eigenvalue weighted by Crippen LogP contribution is 1.98. The van der Waals surface area contributed by atoms with E-state index in [2.05, 4.69) is 6.58 Å². The van der Waals surface area contributed by atoms with Gasteiger partial charge in [0.15, 0.2) is 6.54 Å². The van der Waals surface area contributed by atoms with E-state index in [1.165, 1.54) is 0 Å². The molecule has 0 N–H and O–H groups in total. The van der Waals surface area contributed by atoms with Crippen LogP contribution in [-0.4, -0.2) is 38.2 Å². The molecular formula is C9H17NO2+. The largest absolute Gasteiger partial charge is 0.456 e. The van der Waals surface area contributed by atoms with Gasteiger partial charge in [0.05, 0.1) is 21.1 Å². The molecule has 1 radical (unpaired) electrons. The van der Waals surface area contributed by atoms with Crippen LogP contribution >= 0.6 is 0 Å². The maximum atomic E-state index is 10.9. The van der Waals surface area contributed by atoms with Gasteiger partial charge < -0.3 is 9.22 Å². The molecular weight excluding hydrogens is 154 g/mol. The first kappa shape index (κ1) is 11.2. The summed E-state index contributed by atoms with van der Waals surface area (Å²) in [6.45, 7) is 7.33. The molecule has 0 atom stereocenters. The maximum absolute atomic E-state index is 10.9. The van der Waals surface area contributed by atoms with E-state index in [0.29, 0.717) is 16.7 Å². The van der Waals surface area contributed by atoms with Gasteiger partial charge in [-0.1, -0.05) is 6.58 Å². The van der Waals surface area contributed by atoms with E-state index in [4.69, 9.17) is 4.74 Å². The lowest BCUT2D eigenvalue weighted by molar-refractivity contribution is -0.840. The van der Waals surface area contributed by atoms with E-state index in [9.17, 15) is 4.79 Å². The van der Waals surface area contributed by atoms with E-state index in [0.717, 1.165) is 0 Å². The Morgan fingerprint density at radius 2 is 2.00 bits per heavy atom. The first-order valence-corrected chi connectivity index (χ1v) is 3.81. The number of hydrogen-bond donors (Lipinski definition) is 0. The molecule has 0 aliphatic carbocycles. The molecule has 0 bridgehead atoms. The van der Waals surface area contributed by atoms with Gasteiger partial charge >= 0.3 is 5.97 Å². The second-order valence-corrected chi connectivity index (χ2v) is 3.68. The fourth-order valence-electron chi connectivity index (χ4n) is 0.460. The minimum Gasteiger partial charge on any atom is -0.456 e. The Labute approximate surface area is 74.2 Å². The fourth-order valence-corrected chi connectivity index (χ4v) is 0.460. The van der Waals surface area contributed by atoms with E-state index >= 15 is 0 Å². The zero-order valence-electron chi connectivity index (χ0n) is 8.26. The van der Waals surface area contributed by atoms with Crippen molar-refractivity contribution in [3.8, 4) is 0 Å². The molecule has 0 aliphatic heterocycles. The van der Waals surface area contributed by atoms with Crippen LogP contribution in [0.5, 0.6) is 0 Å². The van der Waals surface area contributed by atoms with Crippen LogP contribution in [0.1, 0.15) is 6.92 Å². The summed E-state index contributed by atoms with van der Waals surface area (Å²) in [4.78, 5) is 10.9. The fraction of sp³-hybridized carbons (Fsp3) is 0.556. The van der Waals surface area contributed by atoms with Gasteiger partial charge in [-0.05, 0) is 6.92 Å². The molecule has 3 nitrogen and oxygen atoms in total. The molecule has 12 heavy (non-hydrogen) atoms. The van der Waals surface area contributed by atoms with Gasteiger partial charge in [-0.25, -0.2) is 4.79 Å². The first-order valence-electron chi connectivity index (χ1n) is 3.81. The van der Waals surface area contributed by atoms with Crippen molar-refractivity contribution < 1.29 is 14.0 Å². The molecule has 0 spiro atoms. The highest BCUT2D eigenvalue weighted by molar-refractivity contribution is 5.86. The monoisotopic (exact) mass is 171 g/mol. The number of hydrogen-bond acceptors (Lipinski definition) is 2. The molecule has 69 valence electrons. The smallest absolute Gasteiger partial charge is 0.333 e. The van der Waals surface area contributed by atoms with Crippen molar-refractivity contribution in [3.05, 3.63) is 18.7 Å². The van der Waals surface area contributed by atoms with Crippen molar-refractivity contribution in [2.75, 3.05) is 27.7 Å². The highest BCUT2D eigenvalue weighted by Gasteiger charge is 2.10. The molecule has 0 aromatic heterocycles. The standard InChI is InChI=1S/C9H17NO2/c1-8(2)9(11)12-7-6-10(3,4)5/h6H,1,7H2,2-5H3/q+1. The Bertz CT molecular complexity index is 179. The Hall–Kier alpha value is -0.830. The third-order valence-corrected chi connectivity index (χ3v) is 1.19. The Morgan fingerprint density at radius 3 is 2.33 bits per heavy atom. The lowest BCUT2D eigenvalue weighted by atomic mass is 10.4. The summed E-state index contributed by atoms with van der Waals surface area (Å²) in [5.74, 6) is -0.334. The molecule has 0 rings (SSSR count). The van der Waals surface area contributed by atoms with E-state index in [-0.39, 0.29) is 5.97 Å². The number of nitrogens with zero attached hydrogens (tertiary/aromatic N) is 1. The van der Waals surface area contributed by atoms with E-state index in [1.54, 1.807) is 6.92 Å². The molecule has 0 saturated carbocycles. The molecule has 0 amide bonds. The molecule has 0 aromatic carbocycles. The average Bonchev–Trinajstić information content (AvgIpc) is 1.84. The number of rotatable bonds is 4. The van der Waals surface area contributed by atoms with Gasteiger partial charge in [0.25, 0.3) is 0 Å². The van der Waals surface area contributed by atoms with Gasteiger partial charge in [-0.2, -0.15) is 0 Å². The summed E-state index contributed by atoms with van der Waals surface area (Å²) in [6.07, 6.45) is 0. The van der Waals surface area contributed by atoms with Crippen molar-refractivity contribution in [1.29, 1.82) is 0 Å². The van der Waals surface area contributed by atoms with Crippen molar-refractivity contribution in [3.63, 3.8) is 0 Å². The normalized spacial score (nSPS) is 11.0. The first-order chi connectivity index (χ1) is 5.33. The van der Waals surface area contributed by atoms with Crippen LogP contribution < -0.4 is 0 Å². The van der Waals surface area contributed by atoms with Crippen LogP contribution in [0, 0.1) is 6.54 Å². The summed E-state index contributed by atoms with van der Waals surface area (Å²) in [7, 11) is 5.98. The Morgan fingerprint density at radius 1 is 1.50 bits per heavy atom. The SMILES string of the molecule is C=C(C)C(=O)OC[CH][N+](C)(C)C. The zero-order valence-corrected chi connectivity index (χ0v) is 8.26. The van der Waals surface area contributed by atoms with Gasteiger partial charge in [-0.3, -0.25) is 0 Å². The summed E-state index contributed by atoms with van der Waals surface area (Å²) in [5.41, 5.74) is 0.435. The third kappa shape index (κ3) is 5.92. The molecule has 0 heterocycles. The number of ether oxygens (including phenoxy) is 1. The predicted octanol–water partition coefficient (Wildman–Crippen LogP) is 0.974.